The average molecular weight is 262 g/mol. The Balaban J connectivity index is 1.90. The Morgan fingerprint density at radius 1 is 1.39 bits per heavy atom. The van der Waals surface area contributed by atoms with Gasteiger partial charge in [-0.25, -0.2) is 4.98 Å². The number of hydrogen-bond acceptors (Lipinski definition) is 2. The summed E-state index contributed by atoms with van der Waals surface area (Å²) in [5.74, 6) is 1.06. The van der Waals surface area contributed by atoms with Crippen LogP contribution in [0, 0.1) is 0 Å². The molecule has 1 aliphatic rings. The predicted octanol–water partition coefficient (Wildman–Crippen LogP) is 2.40. The molecule has 2 heterocycles. The van der Waals surface area contributed by atoms with Gasteiger partial charge in [-0.2, -0.15) is 0 Å². The Morgan fingerprint density at radius 3 is 3.06 bits per heavy atom. The molecular weight excluding hydrogens is 246 g/mol. The Bertz CT molecular complexity index is 562. The van der Waals surface area contributed by atoms with Gasteiger partial charge in [0.05, 0.1) is 0 Å². The van der Waals surface area contributed by atoms with Crippen molar-refractivity contribution in [3.05, 3.63) is 52.6 Å². The van der Waals surface area contributed by atoms with Crippen LogP contribution >= 0.6 is 11.6 Å². The Morgan fingerprint density at radius 2 is 2.22 bits per heavy atom. The topological polar surface area (TPSA) is 43.8 Å². The number of halogens is 1. The molecule has 1 unspecified atom stereocenters. The highest BCUT2D eigenvalue weighted by Gasteiger charge is 2.19. The van der Waals surface area contributed by atoms with Gasteiger partial charge >= 0.3 is 0 Å². The van der Waals surface area contributed by atoms with Crippen molar-refractivity contribution in [1.29, 1.82) is 0 Å². The fourth-order valence-corrected chi connectivity index (χ4v) is 2.69. The molecule has 0 spiro atoms. The molecule has 0 saturated heterocycles. The lowest BCUT2D eigenvalue weighted by atomic mass is 10.1. The second-order valence-corrected chi connectivity index (χ2v) is 5.25. The SMILES string of the molecule is NC1CCc2cnc(Cc3ccccc3Cl)n2C1. The number of fused-ring (bicyclic) bond motifs is 1. The number of nitrogens with zero attached hydrogens (tertiary/aromatic N) is 2. The van der Waals surface area contributed by atoms with Crippen LogP contribution in [-0.2, 0) is 19.4 Å². The van der Waals surface area contributed by atoms with E-state index < -0.39 is 0 Å². The van der Waals surface area contributed by atoms with Crippen molar-refractivity contribution in [2.45, 2.75) is 31.8 Å². The van der Waals surface area contributed by atoms with Gasteiger partial charge in [-0.3, -0.25) is 0 Å². The standard InChI is InChI=1S/C14H16ClN3/c15-13-4-2-1-3-10(13)7-14-17-8-12-6-5-11(16)9-18(12)14/h1-4,8,11H,5-7,9,16H2. The fourth-order valence-electron chi connectivity index (χ4n) is 2.49. The van der Waals surface area contributed by atoms with Gasteiger partial charge in [-0.15, -0.1) is 0 Å². The first kappa shape index (κ1) is 11.8. The molecule has 0 aliphatic carbocycles. The zero-order valence-electron chi connectivity index (χ0n) is 10.1. The van der Waals surface area contributed by atoms with Crippen molar-refractivity contribution in [3.63, 3.8) is 0 Å². The van der Waals surface area contributed by atoms with Crippen LogP contribution in [-0.4, -0.2) is 15.6 Å². The Hall–Kier alpha value is -1.32. The van der Waals surface area contributed by atoms with E-state index in [1.807, 2.05) is 30.5 Å². The number of aromatic nitrogens is 2. The zero-order valence-corrected chi connectivity index (χ0v) is 10.9. The highest BCUT2D eigenvalue weighted by Crippen LogP contribution is 2.21. The highest BCUT2D eigenvalue weighted by molar-refractivity contribution is 6.31. The number of hydrogen-bond donors (Lipinski definition) is 1. The highest BCUT2D eigenvalue weighted by atomic mass is 35.5. The maximum absolute atomic E-state index is 6.19. The third-order valence-corrected chi connectivity index (χ3v) is 3.88. The van der Waals surface area contributed by atoms with Crippen LogP contribution < -0.4 is 5.73 Å². The van der Waals surface area contributed by atoms with Crippen LogP contribution in [0.15, 0.2) is 30.5 Å². The van der Waals surface area contributed by atoms with Crippen molar-refractivity contribution in [2.75, 3.05) is 0 Å². The van der Waals surface area contributed by atoms with Gasteiger partial charge in [0.25, 0.3) is 0 Å². The van der Waals surface area contributed by atoms with Crippen LogP contribution in [0.5, 0.6) is 0 Å². The first-order chi connectivity index (χ1) is 8.74. The summed E-state index contributed by atoms with van der Waals surface area (Å²) in [6.45, 7) is 0.870. The van der Waals surface area contributed by atoms with Crippen molar-refractivity contribution >= 4 is 11.6 Å². The number of aryl methyl sites for hydroxylation is 1. The molecule has 0 amide bonds. The van der Waals surface area contributed by atoms with E-state index in [-0.39, 0.29) is 6.04 Å². The number of rotatable bonds is 2. The lowest BCUT2D eigenvalue weighted by molar-refractivity contribution is 0.451. The minimum atomic E-state index is 0.247. The normalized spacial score (nSPS) is 18.7. The van der Waals surface area contributed by atoms with Crippen molar-refractivity contribution < 1.29 is 0 Å². The molecule has 3 rings (SSSR count). The van der Waals surface area contributed by atoms with Gasteiger partial charge in [-0.05, 0) is 24.5 Å². The molecule has 1 aliphatic heterocycles. The molecule has 2 N–H and O–H groups in total. The van der Waals surface area contributed by atoms with Gasteiger partial charge in [0, 0.05) is 35.9 Å². The Kier molecular flexibility index (Phi) is 3.10. The average Bonchev–Trinajstić information content (AvgIpc) is 2.75. The molecule has 94 valence electrons. The second kappa shape index (κ2) is 4.75. The molecule has 2 aromatic rings. The molecular formula is C14H16ClN3. The number of benzene rings is 1. The summed E-state index contributed by atoms with van der Waals surface area (Å²) in [5, 5.41) is 0.801. The van der Waals surface area contributed by atoms with Crippen LogP contribution in [0.1, 0.15) is 23.5 Å². The van der Waals surface area contributed by atoms with Crippen molar-refractivity contribution in [2.24, 2.45) is 5.73 Å². The molecule has 1 aromatic carbocycles. The van der Waals surface area contributed by atoms with E-state index in [1.165, 1.54) is 5.69 Å². The van der Waals surface area contributed by atoms with E-state index >= 15 is 0 Å². The summed E-state index contributed by atoms with van der Waals surface area (Å²) in [6, 6.07) is 8.17. The van der Waals surface area contributed by atoms with Crippen LogP contribution in [0.25, 0.3) is 0 Å². The number of nitrogens with two attached hydrogens (primary N) is 1. The predicted molar refractivity (Wildman–Crippen MR) is 72.8 cm³/mol. The minimum absolute atomic E-state index is 0.247. The largest absolute Gasteiger partial charge is 0.330 e. The zero-order chi connectivity index (χ0) is 12.5. The van der Waals surface area contributed by atoms with Gasteiger partial charge in [-0.1, -0.05) is 29.8 Å². The van der Waals surface area contributed by atoms with E-state index in [0.29, 0.717) is 0 Å². The number of imidazole rings is 1. The molecule has 0 saturated carbocycles. The minimum Gasteiger partial charge on any atom is -0.330 e. The quantitative estimate of drug-likeness (QED) is 0.902. The fraction of sp³-hybridized carbons (Fsp3) is 0.357. The van der Waals surface area contributed by atoms with Crippen molar-refractivity contribution in [1.82, 2.24) is 9.55 Å². The molecule has 4 heteroatoms. The van der Waals surface area contributed by atoms with Gasteiger partial charge in [0.2, 0.25) is 0 Å². The van der Waals surface area contributed by atoms with E-state index in [2.05, 4.69) is 9.55 Å². The van der Waals surface area contributed by atoms with E-state index in [0.717, 1.165) is 42.2 Å². The first-order valence-corrected chi connectivity index (χ1v) is 6.64. The summed E-state index contributed by atoms with van der Waals surface area (Å²) in [7, 11) is 0. The lowest BCUT2D eigenvalue weighted by Crippen LogP contribution is -2.32. The first-order valence-electron chi connectivity index (χ1n) is 6.26. The van der Waals surface area contributed by atoms with Crippen LogP contribution in [0.3, 0.4) is 0 Å². The molecule has 1 atom stereocenters. The Labute approximate surface area is 112 Å². The summed E-state index contributed by atoms with van der Waals surface area (Å²) >= 11 is 6.19. The second-order valence-electron chi connectivity index (χ2n) is 4.84. The van der Waals surface area contributed by atoms with E-state index in [1.54, 1.807) is 0 Å². The van der Waals surface area contributed by atoms with Crippen LogP contribution in [0.4, 0.5) is 0 Å². The molecule has 3 nitrogen and oxygen atoms in total. The monoisotopic (exact) mass is 261 g/mol. The summed E-state index contributed by atoms with van der Waals surface area (Å²) in [6.07, 6.45) is 4.82. The summed E-state index contributed by atoms with van der Waals surface area (Å²) in [4.78, 5) is 4.52. The van der Waals surface area contributed by atoms with E-state index in [4.69, 9.17) is 17.3 Å². The third-order valence-electron chi connectivity index (χ3n) is 3.52. The van der Waals surface area contributed by atoms with Crippen molar-refractivity contribution in [3.8, 4) is 0 Å². The third kappa shape index (κ3) is 2.16. The van der Waals surface area contributed by atoms with Crippen LogP contribution in [0.2, 0.25) is 5.02 Å². The maximum Gasteiger partial charge on any atom is 0.113 e. The van der Waals surface area contributed by atoms with Gasteiger partial charge in [0.15, 0.2) is 0 Å². The summed E-state index contributed by atoms with van der Waals surface area (Å²) < 4.78 is 2.25. The van der Waals surface area contributed by atoms with E-state index in [9.17, 15) is 0 Å². The van der Waals surface area contributed by atoms with Gasteiger partial charge in [0.1, 0.15) is 5.82 Å². The maximum atomic E-state index is 6.19. The molecule has 1 aromatic heterocycles. The molecule has 0 fully saturated rings. The van der Waals surface area contributed by atoms with Gasteiger partial charge < -0.3 is 10.3 Å². The molecule has 0 bridgehead atoms. The smallest absolute Gasteiger partial charge is 0.113 e. The lowest BCUT2D eigenvalue weighted by Gasteiger charge is -2.22. The summed E-state index contributed by atoms with van der Waals surface area (Å²) in [5.41, 5.74) is 8.43. The molecule has 0 radical (unpaired) electrons. The molecule has 18 heavy (non-hydrogen) atoms.